The minimum atomic E-state index is -0.150. The molecule has 1 saturated carbocycles. The number of urea groups is 1. The van der Waals surface area contributed by atoms with E-state index in [1.165, 1.54) is 6.42 Å². The number of benzene rings is 1. The monoisotopic (exact) mass is 418 g/mol. The first kappa shape index (κ1) is 21.1. The normalized spacial score (nSPS) is 14.5. The highest BCUT2D eigenvalue weighted by atomic mass is 16.2. The Balaban J connectivity index is 1.61. The fraction of sp³-hybridized carbons (Fsp3) is 0.400. The van der Waals surface area contributed by atoms with E-state index in [0.29, 0.717) is 12.1 Å². The SMILES string of the molecule is Cc1ccc2cc(CN(Cc3cccnc3)C(=O)NC3CCCCC3)c(=O)[nH]c2c1C. The smallest absolute Gasteiger partial charge is 0.318 e. The maximum Gasteiger partial charge on any atom is 0.318 e. The lowest BCUT2D eigenvalue weighted by molar-refractivity contribution is 0.184. The number of aryl methyl sites for hydroxylation is 2. The molecule has 6 heteroatoms. The average Bonchev–Trinajstić information content (AvgIpc) is 2.78. The van der Waals surface area contributed by atoms with Gasteiger partial charge in [0, 0.05) is 30.5 Å². The zero-order chi connectivity index (χ0) is 21.8. The summed E-state index contributed by atoms with van der Waals surface area (Å²) in [6.07, 6.45) is 9.04. The van der Waals surface area contributed by atoms with Gasteiger partial charge in [0.15, 0.2) is 0 Å². The summed E-state index contributed by atoms with van der Waals surface area (Å²) < 4.78 is 0. The summed E-state index contributed by atoms with van der Waals surface area (Å²) >= 11 is 0. The second-order valence-electron chi connectivity index (χ2n) is 8.60. The van der Waals surface area contributed by atoms with Crippen LogP contribution in [0, 0.1) is 13.8 Å². The molecule has 0 bridgehead atoms. The molecule has 4 rings (SSSR count). The van der Waals surface area contributed by atoms with Crippen LogP contribution in [0.25, 0.3) is 10.9 Å². The second-order valence-corrected chi connectivity index (χ2v) is 8.60. The topological polar surface area (TPSA) is 78.1 Å². The van der Waals surface area contributed by atoms with Crippen LogP contribution in [0.1, 0.15) is 54.4 Å². The molecule has 0 unspecified atom stereocenters. The third kappa shape index (κ3) is 4.95. The number of aromatic amines is 1. The molecule has 0 aliphatic heterocycles. The lowest BCUT2D eigenvalue weighted by atomic mass is 9.96. The summed E-state index contributed by atoms with van der Waals surface area (Å²) in [5, 5.41) is 4.17. The number of rotatable bonds is 5. The number of fused-ring (bicyclic) bond motifs is 1. The largest absolute Gasteiger partial charge is 0.335 e. The summed E-state index contributed by atoms with van der Waals surface area (Å²) in [7, 11) is 0. The van der Waals surface area contributed by atoms with Crippen LogP contribution in [-0.2, 0) is 13.1 Å². The lowest BCUT2D eigenvalue weighted by Crippen LogP contribution is -2.45. The number of nitrogens with one attached hydrogen (secondary N) is 2. The summed E-state index contributed by atoms with van der Waals surface area (Å²) in [6.45, 7) is 4.69. The van der Waals surface area contributed by atoms with Gasteiger partial charge in [-0.2, -0.15) is 0 Å². The maximum absolute atomic E-state index is 13.2. The maximum atomic E-state index is 13.2. The third-order valence-corrected chi connectivity index (χ3v) is 6.31. The average molecular weight is 419 g/mol. The summed E-state index contributed by atoms with van der Waals surface area (Å²) in [5.41, 5.74) is 4.44. The first-order valence-electron chi connectivity index (χ1n) is 11.1. The van der Waals surface area contributed by atoms with Gasteiger partial charge in [0.25, 0.3) is 5.56 Å². The highest BCUT2D eigenvalue weighted by molar-refractivity contribution is 5.83. The minimum absolute atomic E-state index is 0.129. The van der Waals surface area contributed by atoms with Crippen molar-refractivity contribution in [1.29, 1.82) is 0 Å². The quantitative estimate of drug-likeness (QED) is 0.636. The number of carbonyl (C=O) groups excluding carboxylic acids is 1. The first-order valence-corrected chi connectivity index (χ1v) is 11.1. The van der Waals surface area contributed by atoms with E-state index in [-0.39, 0.29) is 24.2 Å². The van der Waals surface area contributed by atoms with Crippen LogP contribution in [0.4, 0.5) is 4.79 Å². The number of H-pyrrole nitrogens is 1. The van der Waals surface area contributed by atoms with Crippen LogP contribution in [0.3, 0.4) is 0 Å². The predicted molar refractivity (Wildman–Crippen MR) is 123 cm³/mol. The number of pyridine rings is 2. The molecular weight excluding hydrogens is 388 g/mol. The molecule has 1 aromatic carbocycles. The fourth-order valence-corrected chi connectivity index (χ4v) is 4.32. The molecule has 1 aliphatic rings. The third-order valence-electron chi connectivity index (χ3n) is 6.31. The predicted octanol–water partition coefficient (Wildman–Crippen LogP) is 4.58. The van der Waals surface area contributed by atoms with E-state index in [1.807, 2.05) is 38.1 Å². The van der Waals surface area contributed by atoms with Crippen molar-refractivity contribution in [3.63, 3.8) is 0 Å². The molecule has 31 heavy (non-hydrogen) atoms. The van der Waals surface area contributed by atoms with Crippen LogP contribution < -0.4 is 10.9 Å². The molecule has 2 aromatic heterocycles. The van der Waals surface area contributed by atoms with E-state index < -0.39 is 0 Å². The number of carbonyl (C=O) groups is 1. The number of aromatic nitrogens is 2. The molecule has 0 saturated heterocycles. The van der Waals surface area contributed by atoms with Crippen molar-refractivity contribution in [3.05, 3.63) is 75.3 Å². The highest BCUT2D eigenvalue weighted by Gasteiger charge is 2.21. The van der Waals surface area contributed by atoms with Gasteiger partial charge in [-0.05, 0) is 60.9 Å². The van der Waals surface area contributed by atoms with Gasteiger partial charge >= 0.3 is 6.03 Å². The van der Waals surface area contributed by atoms with Crippen molar-refractivity contribution in [2.45, 2.75) is 65.1 Å². The summed E-state index contributed by atoms with van der Waals surface area (Å²) in [4.78, 5) is 35.0. The standard InChI is InChI=1S/C25H30N4O2/c1-17-10-11-20-13-21(24(30)28-23(20)18(17)2)16-29(15-19-7-6-12-26-14-19)25(31)27-22-8-4-3-5-9-22/h6-7,10-14,22H,3-5,8-9,15-16H2,1-2H3,(H,27,31)(H,28,30). The van der Waals surface area contributed by atoms with Crippen molar-refractivity contribution in [2.24, 2.45) is 0 Å². The Morgan fingerprint density at radius 3 is 2.71 bits per heavy atom. The van der Waals surface area contributed by atoms with Gasteiger partial charge in [-0.3, -0.25) is 9.78 Å². The van der Waals surface area contributed by atoms with Gasteiger partial charge in [-0.25, -0.2) is 4.79 Å². The molecule has 6 nitrogen and oxygen atoms in total. The van der Waals surface area contributed by atoms with E-state index in [4.69, 9.17) is 0 Å². The van der Waals surface area contributed by atoms with E-state index in [1.54, 1.807) is 17.3 Å². The molecular formula is C25H30N4O2. The van der Waals surface area contributed by atoms with E-state index in [2.05, 4.69) is 21.4 Å². The molecule has 0 spiro atoms. The minimum Gasteiger partial charge on any atom is -0.335 e. The molecule has 2 amide bonds. The number of hydrogen-bond donors (Lipinski definition) is 2. The molecule has 162 valence electrons. The first-order chi connectivity index (χ1) is 15.0. The van der Waals surface area contributed by atoms with Gasteiger partial charge < -0.3 is 15.2 Å². The summed E-state index contributed by atoms with van der Waals surface area (Å²) in [5.74, 6) is 0. The Bertz CT molecular complexity index is 1120. The van der Waals surface area contributed by atoms with Crippen molar-refractivity contribution >= 4 is 16.9 Å². The number of hydrogen-bond acceptors (Lipinski definition) is 3. The van der Waals surface area contributed by atoms with Crippen molar-refractivity contribution in [2.75, 3.05) is 0 Å². The zero-order valence-corrected chi connectivity index (χ0v) is 18.3. The Kier molecular flexibility index (Phi) is 6.35. The van der Waals surface area contributed by atoms with Gasteiger partial charge in [0.1, 0.15) is 0 Å². The van der Waals surface area contributed by atoms with E-state index in [0.717, 1.165) is 53.3 Å². The summed E-state index contributed by atoms with van der Waals surface area (Å²) in [6, 6.07) is 9.87. The Labute approximate surface area is 182 Å². The molecule has 1 aliphatic carbocycles. The molecule has 0 radical (unpaired) electrons. The molecule has 2 N–H and O–H groups in total. The van der Waals surface area contributed by atoms with Crippen molar-refractivity contribution in [3.8, 4) is 0 Å². The highest BCUT2D eigenvalue weighted by Crippen LogP contribution is 2.21. The number of amides is 2. The number of nitrogens with zero attached hydrogens (tertiary/aromatic N) is 2. The molecule has 1 fully saturated rings. The van der Waals surface area contributed by atoms with Crippen LogP contribution in [-0.4, -0.2) is 26.9 Å². The fourth-order valence-electron chi connectivity index (χ4n) is 4.32. The Hall–Kier alpha value is -3.15. The second kappa shape index (κ2) is 9.33. The van der Waals surface area contributed by atoms with E-state index in [9.17, 15) is 9.59 Å². The van der Waals surface area contributed by atoms with Gasteiger partial charge in [0.05, 0.1) is 12.1 Å². The lowest BCUT2D eigenvalue weighted by Gasteiger charge is -2.28. The molecule has 0 atom stereocenters. The van der Waals surface area contributed by atoms with Gasteiger partial charge in [-0.15, -0.1) is 0 Å². The Morgan fingerprint density at radius 2 is 1.97 bits per heavy atom. The van der Waals surface area contributed by atoms with Crippen molar-refractivity contribution in [1.82, 2.24) is 20.2 Å². The van der Waals surface area contributed by atoms with Crippen LogP contribution in [0.5, 0.6) is 0 Å². The Morgan fingerprint density at radius 1 is 1.16 bits per heavy atom. The van der Waals surface area contributed by atoms with Crippen LogP contribution in [0.2, 0.25) is 0 Å². The van der Waals surface area contributed by atoms with Gasteiger partial charge in [0.2, 0.25) is 0 Å². The van der Waals surface area contributed by atoms with Crippen LogP contribution >= 0.6 is 0 Å². The molecule has 2 heterocycles. The van der Waals surface area contributed by atoms with Crippen molar-refractivity contribution < 1.29 is 4.79 Å². The van der Waals surface area contributed by atoms with E-state index >= 15 is 0 Å². The molecule has 3 aromatic rings. The zero-order valence-electron chi connectivity index (χ0n) is 18.3. The van der Waals surface area contributed by atoms with Gasteiger partial charge in [-0.1, -0.05) is 37.5 Å². The van der Waals surface area contributed by atoms with Crippen LogP contribution in [0.15, 0.2) is 47.5 Å².